The van der Waals surface area contributed by atoms with Crippen LogP contribution in [-0.2, 0) is 11.3 Å². The monoisotopic (exact) mass is 451 g/mol. The zero-order valence-electron chi connectivity index (χ0n) is 16.9. The molecule has 158 valence electrons. The van der Waals surface area contributed by atoms with Gasteiger partial charge in [0.15, 0.2) is 5.13 Å². The maximum atomic E-state index is 13.1. The first-order valence-electron chi connectivity index (χ1n) is 9.73. The van der Waals surface area contributed by atoms with E-state index in [0.717, 1.165) is 21.5 Å². The van der Waals surface area contributed by atoms with E-state index in [0.29, 0.717) is 17.2 Å². The molecule has 8 heteroatoms. The molecule has 0 fully saturated rings. The molecule has 2 heterocycles. The van der Waals surface area contributed by atoms with Crippen LogP contribution in [0, 0.1) is 0 Å². The molecule has 2 aromatic carbocycles. The second-order valence-corrected chi connectivity index (χ2v) is 8.60. The van der Waals surface area contributed by atoms with Gasteiger partial charge in [-0.1, -0.05) is 41.7 Å². The first kappa shape index (κ1) is 21.0. The zero-order valence-corrected chi connectivity index (χ0v) is 18.5. The summed E-state index contributed by atoms with van der Waals surface area (Å²) in [6.07, 6.45) is 0.182. The van der Waals surface area contributed by atoms with Gasteiger partial charge in [0.2, 0.25) is 5.91 Å². The van der Waals surface area contributed by atoms with Gasteiger partial charge >= 0.3 is 0 Å². The lowest BCUT2D eigenvalue weighted by molar-refractivity contribution is -0.118. The van der Waals surface area contributed by atoms with E-state index in [1.165, 1.54) is 22.7 Å². The molecule has 6 nitrogen and oxygen atoms in total. The van der Waals surface area contributed by atoms with Crippen molar-refractivity contribution in [3.05, 3.63) is 76.5 Å². The number of hydrogen-bond donors (Lipinski definition) is 1. The van der Waals surface area contributed by atoms with Gasteiger partial charge in [-0.3, -0.25) is 14.5 Å². The number of thiophene rings is 1. The number of fused-ring (bicyclic) bond motifs is 1. The molecule has 0 bridgehead atoms. The quantitative estimate of drug-likeness (QED) is 0.421. The Kier molecular flexibility index (Phi) is 6.59. The number of nitrogens with one attached hydrogen (secondary N) is 1. The van der Waals surface area contributed by atoms with Crippen molar-refractivity contribution in [1.82, 2.24) is 10.3 Å². The van der Waals surface area contributed by atoms with Gasteiger partial charge in [0.25, 0.3) is 5.91 Å². The van der Waals surface area contributed by atoms with Crippen LogP contribution in [0.25, 0.3) is 10.2 Å². The highest BCUT2D eigenvalue weighted by molar-refractivity contribution is 7.22. The molecule has 4 rings (SSSR count). The topological polar surface area (TPSA) is 71.5 Å². The Morgan fingerprint density at radius 2 is 1.97 bits per heavy atom. The fourth-order valence-corrected chi connectivity index (χ4v) is 4.72. The minimum atomic E-state index is -0.171. The Balaban J connectivity index is 1.52. The highest BCUT2D eigenvalue weighted by Gasteiger charge is 2.20. The third-order valence-electron chi connectivity index (χ3n) is 4.71. The lowest BCUT2D eigenvalue weighted by atomic mass is 10.2. The van der Waals surface area contributed by atoms with Crippen molar-refractivity contribution in [2.24, 2.45) is 0 Å². The molecule has 0 aliphatic rings. The minimum absolute atomic E-state index is 0.0968. The van der Waals surface area contributed by atoms with Gasteiger partial charge < -0.3 is 10.1 Å². The van der Waals surface area contributed by atoms with Crippen molar-refractivity contribution in [1.29, 1.82) is 0 Å². The summed E-state index contributed by atoms with van der Waals surface area (Å²) in [5.74, 6) is 0.482. The van der Waals surface area contributed by atoms with Gasteiger partial charge in [-0.15, -0.1) is 0 Å². The number of benzene rings is 2. The first-order valence-corrected chi connectivity index (χ1v) is 11.5. The number of anilines is 1. The average molecular weight is 452 g/mol. The van der Waals surface area contributed by atoms with E-state index in [1.54, 1.807) is 23.5 Å². The van der Waals surface area contributed by atoms with E-state index < -0.39 is 0 Å². The number of thiazole rings is 1. The van der Waals surface area contributed by atoms with Gasteiger partial charge in [0, 0.05) is 23.9 Å². The molecule has 2 amide bonds. The highest BCUT2D eigenvalue weighted by atomic mass is 32.1. The molecule has 0 saturated carbocycles. The summed E-state index contributed by atoms with van der Waals surface area (Å²) in [6.45, 7) is 0.673. The van der Waals surface area contributed by atoms with Crippen molar-refractivity contribution >= 4 is 49.8 Å². The average Bonchev–Trinajstić information content (AvgIpc) is 3.47. The molecule has 0 spiro atoms. The molecule has 0 atom stereocenters. The lowest BCUT2D eigenvalue weighted by Gasteiger charge is -2.20. The summed E-state index contributed by atoms with van der Waals surface area (Å²) in [5, 5.41) is 7.08. The van der Waals surface area contributed by atoms with Gasteiger partial charge in [-0.2, -0.15) is 11.3 Å². The zero-order chi connectivity index (χ0) is 21.6. The van der Waals surface area contributed by atoms with Crippen LogP contribution < -0.4 is 15.0 Å². The third-order valence-corrected chi connectivity index (χ3v) is 6.43. The molecule has 0 unspecified atom stereocenters. The molecule has 0 aliphatic heterocycles. The number of aromatic nitrogens is 1. The third kappa shape index (κ3) is 5.10. The molecule has 0 aliphatic carbocycles. The molecule has 1 N–H and O–H groups in total. The van der Waals surface area contributed by atoms with Gasteiger partial charge in [0.05, 0.1) is 23.9 Å². The predicted molar refractivity (Wildman–Crippen MR) is 125 cm³/mol. The number of carbonyl (C=O) groups is 2. The maximum Gasteiger partial charge on any atom is 0.252 e. The summed E-state index contributed by atoms with van der Waals surface area (Å²) in [6, 6.07) is 17.2. The summed E-state index contributed by atoms with van der Waals surface area (Å²) < 4.78 is 6.25. The van der Waals surface area contributed by atoms with E-state index in [4.69, 9.17) is 4.74 Å². The molecule has 0 radical (unpaired) electrons. The van der Waals surface area contributed by atoms with E-state index >= 15 is 0 Å². The first-order chi connectivity index (χ1) is 15.1. The summed E-state index contributed by atoms with van der Waals surface area (Å²) >= 11 is 2.91. The molecule has 4 aromatic rings. The van der Waals surface area contributed by atoms with Gasteiger partial charge in [-0.05, 0) is 35.2 Å². The van der Waals surface area contributed by atoms with Crippen molar-refractivity contribution in [3.63, 3.8) is 0 Å². The van der Waals surface area contributed by atoms with Crippen molar-refractivity contribution in [2.75, 3.05) is 18.6 Å². The number of rotatable bonds is 8. The Morgan fingerprint density at radius 3 is 2.71 bits per heavy atom. The molecular weight excluding hydrogens is 430 g/mol. The number of hydrogen-bond acceptors (Lipinski definition) is 6. The second-order valence-electron chi connectivity index (χ2n) is 6.81. The van der Waals surface area contributed by atoms with E-state index in [-0.39, 0.29) is 24.8 Å². The number of ether oxygens (including phenoxy) is 1. The molecule has 31 heavy (non-hydrogen) atoms. The van der Waals surface area contributed by atoms with Crippen LogP contribution in [0.3, 0.4) is 0 Å². The van der Waals surface area contributed by atoms with E-state index in [1.807, 2.05) is 53.9 Å². The number of carbonyl (C=O) groups excluding carboxylic acids is 2. The van der Waals surface area contributed by atoms with Crippen LogP contribution in [0.2, 0.25) is 0 Å². The number of amides is 2. The maximum absolute atomic E-state index is 13.1. The van der Waals surface area contributed by atoms with Crippen LogP contribution in [0.15, 0.2) is 65.4 Å². The minimum Gasteiger partial charge on any atom is -0.497 e. The van der Waals surface area contributed by atoms with Gasteiger partial charge in [0.1, 0.15) is 5.75 Å². The van der Waals surface area contributed by atoms with E-state index in [9.17, 15) is 9.59 Å². The fraction of sp³-hybridized carbons (Fsp3) is 0.174. The van der Waals surface area contributed by atoms with Crippen molar-refractivity contribution in [2.45, 2.75) is 13.0 Å². The summed E-state index contributed by atoms with van der Waals surface area (Å²) in [4.78, 5) is 31.6. The Morgan fingerprint density at radius 1 is 1.13 bits per heavy atom. The molecule has 2 aromatic heterocycles. The smallest absolute Gasteiger partial charge is 0.252 e. The summed E-state index contributed by atoms with van der Waals surface area (Å²) in [7, 11) is 1.62. The van der Waals surface area contributed by atoms with Crippen molar-refractivity contribution < 1.29 is 14.3 Å². The Labute approximate surface area is 188 Å². The molecular formula is C23H21N3O3S2. The molecule has 0 saturated heterocycles. The van der Waals surface area contributed by atoms with Gasteiger partial charge in [-0.25, -0.2) is 4.98 Å². The number of methoxy groups -OCH3 is 1. The summed E-state index contributed by atoms with van der Waals surface area (Å²) in [5.41, 5.74) is 2.44. The Hall–Kier alpha value is -3.23. The van der Waals surface area contributed by atoms with Crippen LogP contribution in [-0.4, -0.2) is 30.5 Å². The van der Waals surface area contributed by atoms with Crippen LogP contribution in [0.5, 0.6) is 5.75 Å². The van der Waals surface area contributed by atoms with Crippen LogP contribution in [0.4, 0.5) is 5.13 Å². The second kappa shape index (κ2) is 9.72. The highest BCUT2D eigenvalue weighted by Crippen LogP contribution is 2.32. The lowest BCUT2D eigenvalue weighted by Crippen LogP contribution is -2.34. The van der Waals surface area contributed by atoms with Crippen molar-refractivity contribution in [3.8, 4) is 5.75 Å². The van der Waals surface area contributed by atoms with Crippen LogP contribution >= 0.6 is 22.7 Å². The normalized spacial score (nSPS) is 10.7. The largest absolute Gasteiger partial charge is 0.497 e. The van der Waals surface area contributed by atoms with E-state index in [2.05, 4.69) is 10.3 Å². The predicted octanol–water partition coefficient (Wildman–Crippen LogP) is 4.72. The fourth-order valence-electron chi connectivity index (χ4n) is 3.08. The SMILES string of the molecule is COc1ccc2nc(N(Cc3ccccc3)C(=O)CCNC(=O)c3ccsc3)sc2c1. The number of nitrogens with zero attached hydrogens (tertiary/aromatic N) is 2. The van der Waals surface area contributed by atoms with Crippen LogP contribution in [0.1, 0.15) is 22.3 Å². The standard InChI is InChI=1S/C23H21N3O3S2/c1-29-18-7-8-19-20(13-18)31-23(25-19)26(14-16-5-3-2-4-6-16)21(27)9-11-24-22(28)17-10-12-30-15-17/h2-8,10,12-13,15H,9,11,14H2,1H3,(H,24,28). The Bertz CT molecular complexity index is 1170.